The van der Waals surface area contributed by atoms with Gasteiger partial charge in [-0.05, 0) is 50.8 Å². The minimum atomic E-state index is -3.43. The zero-order chi connectivity index (χ0) is 19.5. The van der Waals surface area contributed by atoms with Gasteiger partial charge in [0.15, 0.2) is 9.84 Å². The number of rotatable bonds is 9. The molecule has 0 bridgehead atoms. The third-order valence-electron chi connectivity index (χ3n) is 3.37. The fraction of sp³-hybridized carbons (Fsp3) is 0.333. The molecule has 4 heteroatoms. The van der Waals surface area contributed by atoms with Crippen LogP contribution in [0.1, 0.15) is 40.5 Å². The molecule has 0 aromatic carbocycles. The van der Waals surface area contributed by atoms with Crippen LogP contribution in [0.2, 0.25) is 0 Å². The van der Waals surface area contributed by atoms with Crippen LogP contribution in [0, 0.1) is 0 Å². The summed E-state index contributed by atoms with van der Waals surface area (Å²) in [4.78, 5) is 0.139. The average molecular weight is 362 g/mol. The van der Waals surface area contributed by atoms with Crippen molar-refractivity contribution in [2.24, 2.45) is 5.73 Å². The molecular formula is C21H31NO2S. The molecule has 2 N–H and O–H groups in total. The van der Waals surface area contributed by atoms with Crippen LogP contribution in [0.15, 0.2) is 82.5 Å². The van der Waals surface area contributed by atoms with Gasteiger partial charge in [-0.1, -0.05) is 61.6 Å². The zero-order valence-electron chi connectivity index (χ0n) is 16.0. The van der Waals surface area contributed by atoms with E-state index in [4.69, 9.17) is 5.73 Å². The quantitative estimate of drug-likeness (QED) is 0.457. The van der Waals surface area contributed by atoms with Gasteiger partial charge in [-0.2, -0.15) is 0 Å². The molecule has 0 aliphatic rings. The molecule has 0 heterocycles. The van der Waals surface area contributed by atoms with Crippen LogP contribution in [0.4, 0.5) is 0 Å². The summed E-state index contributed by atoms with van der Waals surface area (Å²) in [5, 5.41) is 0. The van der Waals surface area contributed by atoms with E-state index in [1.807, 2.05) is 64.2 Å². The van der Waals surface area contributed by atoms with Crippen molar-refractivity contribution in [3.05, 3.63) is 82.5 Å². The molecule has 0 amide bonds. The second-order valence-electron chi connectivity index (χ2n) is 5.91. The predicted octanol–water partition coefficient (Wildman–Crippen LogP) is 5.14. The van der Waals surface area contributed by atoms with Crippen LogP contribution in [0.25, 0.3) is 0 Å². The number of nitrogens with two attached hydrogens (primary N) is 1. The zero-order valence-corrected chi connectivity index (χ0v) is 16.9. The third kappa shape index (κ3) is 9.11. The van der Waals surface area contributed by atoms with Crippen molar-refractivity contribution in [3.8, 4) is 0 Å². The Labute approximate surface area is 153 Å². The van der Waals surface area contributed by atoms with Crippen molar-refractivity contribution in [2.75, 3.05) is 6.26 Å². The highest BCUT2D eigenvalue weighted by atomic mass is 32.2. The van der Waals surface area contributed by atoms with Gasteiger partial charge in [-0.3, -0.25) is 0 Å². The fourth-order valence-corrected chi connectivity index (χ4v) is 2.93. The SMILES string of the molecule is C=C(C)CC(=C/C=C\C=C\C)/C(C)=C(N)/C(=C\C=C\CC)S(C)(=O)=O. The molecule has 25 heavy (non-hydrogen) atoms. The molecule has 0 atom stereocenters. The van der Waals surface area contributed by atoms with Gasteiger partial charge >= 0.3 is 0 Å². The molecule has 0 saturated heterocycles. The van der Waals surface area contributed by atoms with E-state index >= 15 is 0 Å². The maximum atomic E-state index is 12.1. The summed E-state index contributed by atoms with van der Waals surface area (Å²) in [5.41, 5.74) is 9.17. The summed E-state index contributed by atoms with van der Waals surface area (Å²) < 4.78 is 24.3. The summed E-state index contributed by atoms with van der Waals surface area (Å²) in [5.74, 6) is 0. The van der Waals surface area contributed by atoms with E-state index in [9.17, 15) is 8.42 Å². The number of hydrogen-bond donors (Lipinski definition) is 1. The van der Waals surface area contributed by atoms with Gasteiger partial charge in [0.2, 0.25) is 0 Å². The third-order valence-corrected chi connectivity index (χ3v) is 4.53. The van der Waals surface area contributed by atoms with E-state index in [2.05, 4.69) is 6.58 Å². The average Bonchev–Trinajstić information content (AvgIpc) is 2.51. The van der Waals surface area contributed by atoms with Gasteiger partial charge in [0, 0.05) is 6.26 Å². The van der Waals surface area contributed by atoms with Crippen LogP contribution in [-0.4, -0.2) is 14.7 Å². The second kappa shape index (κ2) is 11.5. The molecule has 0 unspecified atom stereocenters. The van der Waals surface area contributed by atoms with Crippen molar-refractivity contribution in [3.63, 3.8) is 0 Å². The lowest BCUT2D eigenvalue weighted by atomic mass is 9.98. The van der Waals surface area contributed by atoms with Crippen LogP contribution in [0.5, 0.6) is 0 Å². The first-order valence-corrected chi connectivity index (χ1v) is 10.2. The van der Waals surface area contributed by atoms with Crippen molar-refractivity contribution in [2.45, 2.75) is 40.5 Å². The Morgan fingerprint density at radius 2 is 1.72 bits per heavy atom. The van der Waals surface area contributed by atoms with E-state index < -0.39 is 9.84 Å². The molecule has 138 valence electrons. The van der Waals surface area contributed by atoms with Gasteiger partial charge in [-0.15, -0.1) is 0 Å². The summed E-state index contributed by atoms with van der Waals surface area (Å²) in [6.07, 6.45) is 17.4. The second-order valence-corrected chi connectivity index (χ2v) is 7.90. The lowest BCUT2D eigenvalue weighted by molar-refractivity contribution is 0.608. The highest BCUT2D eigenvalue weighted by molar-refractivity contribution is 7.94. The number of sulfone groups is 1. The number of allylic oxidation sites excluding steroid dienone is 11. The molecule has 0 aromatic heterocycles. The smallest absolute Gasteiger partial charge is 0.177 e. The molecule has 0 saturated carbocycles. The predicted molar refractivity (Wildman–Crippen MR) is 111 cm³/mol. The van der Waals surface area contributed by atoms with Crippen LogP contribution >= 0.6 is 0 Å². The molecule has 3 nitrogen and oxygen atoms in total. The van der Waals surface area contributed by atoms with Crippen molar-refractivity contribution in [1.82, 2.24) is 0 Å². The first-order chi connectivity index (χ1) is 11.6. The Hall–Kier alpha value is -2.07. The highest BCUT2D eigenvalue weighted by Crippen LogP contribution is 2.25. The maximum Gasteiger partial charge on any atom is 0.177 e. The first kappa shape index (κ1) is 22.9. The van der Waals surface area contributed by atoms with E-state index in [1.54, 1.807) is 12.2 Å². The molecule has 0 aromatic rings. The maximum absolute atomic E-state index is 12.1. The molecule has 0 radical (unpaired) electrons. The largest absolute Gasteiger partial charge is 0.397 e. The van der Waals surface area contributed by atoms with Crippen molar-refractivity contribution in [1.29, 1.82) is 0 Å². The molecule has 0 spiro atoms. The topological polar surface area (TPSA) is 60.2 Å². The van der Waals surface area contributed by atoms with Crippen molar-refractivity contribution < 1.29 is 8.42 Å². The minimum Gasteiger partial charge on any atom is -0.397 e. The van der Waals surface area contributed by atoms with Crippen LogP contribution < -0.4 is 5.73 Å². The Morgan fingerprint density at radius 1 is 1.08 bits per heavy atom. The van der Waals surface area contributed by atoms with Gasteiger partial charge in [0.25, 0.3) is 0 Å². The minimum absolute atomic E-state index is 0.139. The fourth-order valence-electron chi connectivity index (χ4n) is 2.05. The molecular weight excluding hydrogens is 330 g/mol. The highest BCUT2D eigenvalue weighted by Gasteiger charge is 2.17. The number of hydrogen-bond acceptors (Lipinski definition) is 3. The Morgan fingerprint density at radius 3 is 2.20 bits per heavy atom. The van der Waals surface area contributed by atoms with E-state index in [0.29, 0.717) is 6.42 Å². The van der Waals surface area contributed by atoms with E-state index in [0.717, 1.165) is 23.1 Å². The standard InChI is InChI=1S/C21H31NO2S/c1-7-9-11-13-14-19(16-17(3)4)18(5)21(22)20(25(6,23)24)15-12-10-8-2/h7,9-15H,3,8,16,22H2,1-2,4-6H3/b9-7+,12-10+,13-11-,19-14-,20-15+,21-18-. The summed E-state index contributed by atoms with van der Waals surface area (Å²) in [6.45, 7) is 11.7. The van der Waals surface area contributed by atoms with Gasteiger partial charge in [-0.25, -0.2) is 8.42 Å². The van der Waals surface area contributed by atoms with Crippen LogP contribution in [-0.2, 0) is 9.84 Å². The molecule has 0 aliphatic carbocycles. The first-order valence-electron chi connectivity index (χ1n) is 8.32. The summed E-state index contributed by atoms with van der Waals surface area (Å²) >= 11 is 0. The molecule has 0 rings (SSSR count). The lowest BCUT2D eigenvalue weighted by Gasteiger charge is -2.13. The monoisotopic (exact) mass is 361 g/mol. The van der Waals surface area contributed by atoms with Gasteiger partial charge in [0.1, 0.15) is 0 Å². The normalized spacial score (nSPS) is 15.4. The van der Waals surface area contributed by atoms with E-state index in [-0.39, 0.29) is 10.6 Å². The van der Waals surface area contributed by atoms with E-state index in [1.165, 1.54) is 6.26 Å². The molecule has 0 aliphatic heterocycles. The van der Waals surface area contributed by atoms with Gasteiger partial charge in [0.05, 0.1) is 10.6 Å². The summed E-state index contributed by atoms with van der Waals surface area (Å²) in [6, 6.07) is 0. The van der Waals surface area contributed by atoms with Crippen molar-refractivity contribution >= 4 is 9.84 Å². The van der Waals surface area contributed by atoms with Crippen LogP contribution in [0.3, 0.4) is 0 Å². The lowest BCUT2D eigenvalue weighted by Crippen LogP contribution is -2.13. The Kier molecular flexibility index (Phi) is 10.5. The van der Waals surface area contributed by atoms with Gasteiger partial charge < -0.3 is 5.73 Å². The Bertz CT molecular complexity index is 743. The Balaban J connectivity index is 6.16. The molecule has 0 fully saturated rings. The summed E-state index contributed by atoms with van der Waals surface area (Å²) in [7, 11) is -3.43.